The smallest absolute Gasteiger partial charge is 0.348 e. The summed E-state index contributed by atoms with van der Waals surface area (Å²) in [6.07, 6.45) is 3.09. The second-order valence-electron chi connectivity index (χ2n) is 7.78. The van der Waals surface area contributed by atoms with Gasteiger partial charge in [0.1, 0.15) is 9.71 Å². The van der Waals surface area contributed by atoms with Crippen LogP contribution in [-0.2, 0) is 9.53 Å². The van der Waals surface area contributed by atoms with Crippen molar-refractivity contribution in [1.82, 2.24) is 14.7 Å². The molecule has 3 heterocycles. The van der Waals surface area contributed by atoms with Gasteiger partial charge in [0.15, 0.2) is 6.61 Å². The molecule has 4 rings (SSSR count). The van der Waals surface area contributed by atoms with Gasteiger partial charge in [-0.15, -0.1) is 11.3 Å². The summed E-state index contributed by atoms with van der Waals surface area (Å²) in [4.78, 5) is 28.4. The highest BCUT2D eigenvalue weighted by Gasteiger charge is 2.29. The number of esters is 1. The monoisotopic (exact) mass is 445 g/mol. The van der Waals surface area contributed by atoms with E-state index in [2.05, 4.69) is 5.10 Å². The Bertz CT molecular complexity index is 1100. The van der Waals surface area contributed by atoms with Crippen LogP contribution in [-0.4, -0.2) is 45.2 Å². The van der Waals surface area contributed by atoms with E-state index in [1.165, 1.54) is 11.3 Å². The zero-order valence-corrected chi connectivity index (χ0v) is 18.8. The van der Waals surface area contributed by atoms with Crippen molar-refractivity contribution >= 4 is 45.0 Å². The van der Waals surface area contributed by atoms with Gasteiger partial charge in [-0.2, -0.15) is 5.10 Å². The highest BCUT2D eigenvalue weighted by molar-refractivity contribution is 7.20. The second-order valence-corrected chi connectivity index (χ2v) is 9.22. The van der Waals surface area contributed by atoms with Crippen LogP contribution in [0.15, 0.2) is 30.3 Å². The first kappa shape index (κ1) is 20.9. The van der Waals surface area contributed by atoms with E-state index in [4.69, 9.17) is 16.3 Å². The van der Waals surface area contributed by atoms with Gasteiger partial charge < -0.3 is 9.64 Å². The number of ether oxygens (including phenoxy) is 1. The molecule has 3 aromatic rings. The van der Waals surface area contributed by atoms with E-state index in [9.17, 15) is 9.59 Å². The summed E-state index contributed by atoms with van der Waals surface area (Å²) in [7, 11) is 0. The van der Waals surface area contributed by atoms with Gasteiger partial charge in [-0.1, -0.05) is 23.7 Å². The average Bonchev–Trinajstić information content (AvgIpc) is 3.27. The number of rotatable bonds is 4. The van der Waals surface area contributed by atoms with Crippen molar-refractivity contribution in [2.45, 2.75) is 52.1 Å². The minimum absolute atomic E-state index is 0.136. The molecular formula is C22H24ClN3O3S. The topological polar surface area (TPSA) is 64.4 Å². The number of hydrogen-bond donors (Lipinski definition) is 0. The van der Waals surface area contributed by atoms with Crippen LogP contribution >= 0.6 is 22.9 Å². The molecule has 0 spiro atoms. The highest BCUT2D eigenvalue weighted by Crippen LogP contribution is 2.32. The summed E-state index contributed by atoms with van der Waals surface area (Å²) in [6.45, 7) is 5.74. The molecule has 0 unspecified atom stereocenters. The molecule has 2 atom stereocenters. The predicted molar refractivity (Wildman–Crippen MR) is 119 cm³/mol. The number of aryl methyl sites for hydroxylation is 1. The molecule has 8 heteroatoms. The lowest BCUT2D eigenvalue weighted by Gasteiger charge is -2.38. The SMILES string of the molecule is Cc1nn(-c2ccccc2Cl)c2sc(C(=O)OCC(=O)N3[C@@H](C)CCC[C@@H]3C)cc12. The number of benzene rings is 1. The molecule has 1 aromatic carbocycles. The van der Waals surface area contributed by atoms with Gasteiger partial charge in [-0.25, -0.2) is 9.48 Å². The molecule has 1 fully saturated rings. The van der Waals surface area contributed by atoms with E-state index in [0.29, 0.717) is 9.90 Å². The maximum absolute atomic E-state index is 12.7. The van der Waals surface area contributed by atoms with Crippen molar-refractivity contribution in [3.63, 3.8) is 0 Å². The Balaban J connectivity index is 1.52. The van der Waals surface area contributed by atoms with Crippen LogP contribution in [0.3, 0.4) is 0 Å². The fraction of sp³-hybridized carbons (Fsp3) is 0.409. The number of fused-ring (bicyclic) bond motifs is 1. The van der Waals surface area contributed by atoms with Gasteiger partial charge in [0.25, 0.3) is 5.91 Å². The number of aromatic nitrogens is 2. The third kappa shape index (κ3) is 3.84. The van der Waals surface area contributed by atoms with E-state index in [1.54, 1.807) is 16.8 Å². The minimum atomic E-state index is -0.494. The van der Waals surface area contributed by atoms with Gasteiger partial charge in [-0.3, -0.25) is 4.79 Å². The van der Waals surface area contributed by atoms with Gasteiger partial charge >= 0.3 is 5.97 Å². The fourth-order valence-electron chi connectivity index (χ4n) is 4.12. The molecule has 1 amide bonds. The summed E-state index contributed by atoms with van der Waals surface area (Å²) in [5.41, 5.74) is 1.55. The summed E-state index contributed by atoms with van der Waals surface area (Å²) in [5.74, 6) is -0.630. The minimum Gasteiger partial charge on any atom is -0.451 e. The van der Waals surface area contributed by atoms with Crippen LogP contribution in [0.1, 0.15) is 48.5 Å². The average molecular weight is 446 g/mol. The standard InChI is InChI=1S/C22H24ClN3O3S/c1-13-7-6-8-14(2)25(13)20(27)12-29-22(28)19-11-16-15(3)24-26(21(16)30-19)18-10-5-4-9-17(18)23/h4-5,9-11,13-14H,6-8,12H2,1-3H3/t13-,14-/m0/s1. The molecule has 1 saturated heterocycles. The van der Waals surface area contributed by atoms with E-state index in [1.807, 2.05) is 43.9 Å². The molecule has 30 heavy (non-hydrogen) atoms. The van der Waals surface area contributed by atoms with Crippen molar-refractivity contribution in [1.29, 1.82) is 0 Å². The molecule has 0 bridgehead atoms. The molecule has 0 radical (unpaired) electrons. The fourth-order valence-corrected chi connectivity index (χ4v) is 5.41. The first-order valence-electron chi connectivity index (χ1n) is 10.1. The van der Waals surface area contributed by atoms with Crippen LogP contribution in [0.4, 0.5) is 0 Å². The number of hydrogen-bond acceptors (Lipinski definition) is 5. The summed E-state index contributed by atoms with van der Waals surface area (Å²) in [6, 6.07) is 9.55. The third-order valence-electron chi connectivity index (χ3n) is 5.63. The van der Waals surface area contributed by atoms with Gasteiger partial charge in [0.2, 0.25) is 0 Å². The lowest BCUT2D eigenvalue weighted by atomic mass is 9.97. The van der Waals surface area contributed by atoms with E-state index in [0.717, 1.165) is 40.9 Å². The Morgan fingerprint density at radius 2 is 1.93 bits per heavy atom. The zero-order valence-electron chi connectivity index (χ0n) is 17.2. The maximum Gasteiger partial charge on any atom is 0.348 e. The Labute approximate surface area is 184 Å². The molecule has 1 aliphatic rings. The van der Waals surface area contributed by atoms with Crippen LogP contribution in [0.2, 0.25) is 5.02 Å². The quantitative estimate of drug-likeness (QED) is 0.530. The van der Waals surface area contributed by atoms with Gasteiger partial charge in [0, 0.05) is 17.5 Å². The van der Waals surface area contributed by atoms with Crippen molar-refractivity contribution in [2.75, 3.05) is 6.61 Å². The highest BCUT2D eigenvalue weighted by atomic mass is 35.5. The number of piperidine rings is 1. The molecule has 0 aliphatic carbocycles. The molecule has 158 valence electrons. The third-order valence-corrected chi connectivity index (χ3v) is 7.04. The second kappa shape index (κ2) is 8.40. The van der Waals surface area contributed by atoms with Crippen LogP contribution in [0.25, 0.3) is 15.9 Å². The van der Waals surface area contributed by atoms with E-state index >= 15 is 0 Å². The largest absolute Gasteiger partial charge is 0.451 e. The number of halogens is 1. The number of nitrogens with zero attached hydrogens (tertiary/aromatic N) is 3. The summed E-state index contributed by atoms with van der Waals surface area (Å²) >= 11 is 7.62. The first-order chi connectivity index (χ1) is 14.4. The molecule has 6 nitrogen and oxygen atoms in total. The summed E-state index contributed by atoms with van der Waals surface area (Å²) in [5, 5.41) is 6.01. The lowest BCUT2D eigenvalue weighted by molar-refractivity contribution is -0.140. The van der Waals surface area contributed by atoms with Crippen molar-refractivity contribution in [3.8, 4) is 5.69 Å². The molecule has 1 aliphatic heterocycles. The maximum atomic E-state index is 12.7. The number of carbonyl (C=O) groups is 2. The number of thiophene rings is 1. The van der Waals surface area contributed by atoms with E-state index in [-0.39, 0.29) is 24.6 Å². The number of para-hydroxylation sites is 1. The molecule has 2 aromatic heterocycles. The molecular weight excluding hydrogens is 422 g/mol. The van der Waals surface area contributed by atoms with Crippen LogP contribution in [0.5, 0.6) is 0 Å². The van der Waals surface area contributed by atoms with Gasteiger partial charge in [-0.05, 0) is 58.2 Å². The number of amides is 1. The van der Waals surface area contributed by atoms with Crippen molar-refractivity contribution < 1.29 is 14.3 Å². The normalized spacial score (nSPS) is 19.3. The van der Waals surface area contributed by atoms with Crippen molar-refractivity contribution in [3.05, 3.63) is 45.9 Å². The van der Waals surface area contributed by atoms with E-state index < -0.39 is 5.97 Å². The van der Waals surface area contributed by atoms with Crippen LogP contribution in [0, 0.1) is 6.92 Å². The molecule has 0 N–H and O–H groups in total. The first-order valence-corrected chi connectivity index (χ1v) is 11.3. The lowest BCUT2D eigenvalue weighted by Crippen LogP contribution is -2.49. The van der Waals surface area contributed by atoms with Crippen LogP contribution < -0.4 is 0 Å². The van der Waals surface area contributed by atoms with Gasteiger partial charge in [0.05, 0.1) is 16.4 Å². The number of carbonyl (C=O) groups excluding carboxylic acids is 2. The zero-order chi connectivity index (χ0) is 21.4. The predicted octanol–water partition coefficient (Wildman–Crippen LogP) is 5.00. The van der Waals surface area contributed by atoms with Crippen molar-refractivity contribution in [2.24, 2.45) is 0 Å². The Morgan fingerprint density at radius 1 is 1.23 bits per heavy atom. The Morgan fingerprint density at radius 3 is 2.63 bits per heavy atom. The number of likely N-dealkylation sites (tertiary alicyclic amines) is 1. The Hall–Kier alpha value is -2.38. The Kier molecular flexibility index (Phi) is 5.84. The molecule has 0 saturated carbocycles. The summed E-state index contributed by atoms with van der Waals surface area (Å²) < 4.78 is 7.12.